The first-order valence-electron chi connectivity index (χ1n) is 6.32. The molecular formula is C15H18O2. The van der Waals surface area contributed by atoms with Gasteiger partial charge in [-0.1, -0.05) is 32.0 Å². The normalized spacial score (nSPS) is 18.2. The highest BCUT2D eigenvalue weighted by Crippen LogP contribution is 2.35. The lowest BCUT2D eigenvalue weighted by Gasteiger charge is -2.10. The summed E-state index contributed by atoms with van der Waals surface area (Å²) in [5.74, 6) is 0.213. The lowest BCUT2D eigenvalue weighted by Crippen LogP contribution is -2.11. The van der Waals surface area contributed by atoms with E-state index in [-0.39, 0.29) is 17.5 Å². The number of benzene rings is 1. The summed E-state index contributed by atoms with van der Waals surface area (Å²) in [4.78, 5) is 23.5. The molecule has 1 aromatic rings. The third kappa shape index (κ3) is 2.17. The van der Waals surface area contributed by atoms with E-state index < -0.39 is 0 Å². The summed E-state index contributed by atoms with van der Waals surface area (Å²) in [6, 6.07) is 6.09. The van der Waals surface area contributed by atoms with Gasteiger partial charge in [-0.2, -0.15) is 0 Å². The average molecular weight is 230 g/mol. The van der Waals surface area contributed by atoms with Crippen molar-refractivity contribution in [3.63, 3.8) is 0 Å². The quantitative estimate of drug-likeness (QED) is 0.797. The molecule has 0 saturated heterocycles. The molecule has 1 aliphatic rings. The van der Waals surface area contributed by atoms with E-state index in [0.717, 1.165) is 12.0 Å². The van der Waals surface area contributed by atoms with Gasteiger partial charge in [0, 0.05) is 19.3 Å². The number of rotatable bonds is 4. The number of Topliss-reactive ketones (excluding diaryl/α,β-unsaturated/α-hetero) is 2. The second-order valence-electron chi connectivity index (χ2n) is 4.63. The Morgan fingerprint density at radius 2 is 2.12 bits per heavy atom. The van der Waals surface area contributed by atoms with E-state index in [4.69, 9.17) is 0 Å². The van der Waals surface area contributed by atoms with Gasteiger partial charge in [0.15, 0.2) is 0 Å². The molecule has 1 unspecified atom stereocenters. The van der Waals surface area contributed by atoms with Gasteiger partial charge in [0.25, 0.3) is 0 Å². The van der Waals surface area contributed by atoms with Gasteiger partial charge in [-0.15, -0.1) is 0 Å². The van der Waals surface area contributed by atoms with Crippen molar-refractivity contribution in [2.45, 2.75) is 45.4 Å². The maximum absolute atomic E-state index is 12.0. The summed E-state index contributed by atoms with van der Waals surface area (Å²) in [7, 11) is 0. The Morgan fingerprint density at radius 3 is 2.76 bits per heavy atom. The standard InChI is InChI=1S/C15H18O2/c1-3-10-6-5-7-12-13(10)9-15(17)14(12)8-11(16)4-2/h5-7,14H,3-4,8-9H2,1-2H3. The molecule has 0 spiro atoms. The minimum atomic E-state index is -0.177. The van der Waals surface area contributed by atoms with Crippen LogP contribution in [0.25, 0.3) is 0 Å². The maximum Gasteiger partial charge on any atom is 0.145 e. The van der Waals surface area contributed by atoms with Crippen LogP contribution in [0.4, 0.5) is 0 Å². The third-order valence-corrected chi connectivity index (χ3v) is 3.63. The van der Waals surface area contributed by atoms with E-state index in [2.05, 4.69) is 13.0 Å². The predicted octanol–water partition coefficient (Wildman–Crippen LogP) is 2.83. The minimum Gasteiger partial charge on any atom is -0.300 e. The van der Waals surface area contributed by atoms with Crippen molar-refractivity contribution in [1.82, 2.24) is 0 Å². The van der Waals surface area contributed by atoms with Crippen LogP contribution in [-0.2, 0) is 22.4 Å². The molecule has 2 nitrogen and oxygen atoms in total. The van der Waals surface area contributed by atoms with Gasteiger partial charge in [0.05, 0.1) is 5.92 Å². The molecule has 0 amide bonds. The zero-order chi connectivity index (χ0) is 12.4. The van der Waals surface area contributed by atoms with Crippen LogP contribution in [-0.4, -0.2) is 11.6 Å². The molecule has 90 valence electrons. The van der Waals surface area contributed by atoms with Crippen LogP contribution in [0.1, 0.15) is 49.3 Å². The van der Waals surface area contributed by atoms with Gasteiger partial charge in [-0.05, 0) is 23.1 Å². The second-order valence-corrected chi connectivity index (χ2v) is 4.63. The lowest BCUT2D eigenvalue weighted by atomic mass is 9.93. The summed E-state index contributed by atoms with van der Waals surface area (Å²) >= 11 is 0. The second kappa shape index (κ2) is 4.82. The third-order valence-electron chi connectivity index (χ3n) is 3.63. The molecule has 17 heavy (non-hydrogen) atoms. The van der Waals surface area contributed by atoms with Crippen LogP contribution < -0.4 is 0 Å². The Balaban J connectivity index is 2.34. The number of ketones is 2. The Labute approximate surface area is 102 Å². The minimum absolute atomic E-state index is 0.177. The highest BCUT2D eigenvalue weighted by molar-refractivity contribution is 5.96. The Bertz CT molecular complexity index is 460. The number of fused-ring (bicyclic) bond motifs is 1. The Hall–Kier alpha value is -1.44. The fourth-order valence-corrected chi connectivity index (χ4v) is 2.59. The van der Waals surface area contributed by atoms with Gasteiger partial charge in [0.2, 0.25) is 0 Å². The smallest absolute Gasteiger partial charge is 0.145 e. The summed E-state index contributed by atoms with van der Waals surface area (Å²) in [6.45, 7) is 3.95. The highest BCUT2D eigenvalue weighted by Gasteiger charge is 2.32. The van der Waals surface area contributed by atoms with Crippen LogP contribution in [0.3, 0.4) is 0 Å². The van der Waals surface area contributed by atoms with E-state index in [1.165, 1.54) is 11.1 Å². The first kappa shape index (κ1) is 12.0. The van der Waals surface area contributed by atoms with Crippen molar-refractivity contribution in [3.05, 3.63) is 34.9 Å². The van der Waals surface area contributed by atoms with E-state index in [1.807, 2.05) is 19.1 Å². The lowest BCUT2D eigenvalue weighted by molar-refractivity contribution is -0.124. The van der Waals surface area contributed by atoms with Crippen LogP contribution in [0.2, 0.25) is 0 Å². The Kier molecular flexibility index (Phi) is 3.41. The molecule has 1 aliphatic carbocycles. The number of aryl methyl sites for hydroxylation is 1. The van der Waals surface area contributed by atoms with Gasteiger partial charge in [-0.3, -0.25) is 9.59 Å². The van der Waals surface area contributed by atoms with Crippen molar-refractivity contribution in [2.24, 2.45) is 0 Å². The Morgan fingerprint density at radius 1 is 1.35 bits per heavy atom. The van der Waals surface area contributed by atoms with E-state index in [9.17, 15) is 9.59 Å². The topological polar surface area (TPSA) is 34.1 Å². The van der Waals surface area contributed by atoms with E-state index in [1.54, 1.807) is 0 Å². The largest absolute Gasteiger partial charge is 0.300 e. The number of hydrogen-bond donors (Lipinski definition) is 0. The van der Waals surface area contributed by atoms with E-state index in [0.29, 0.717) is 19.3 Å². The van der Waals surface area contributed by atoms with Crippen LogP contribution in [0.5, 0.6) is 0 Å². The van der Waals surface area contributed by atoms with Crippen LogP contribution in [0, 0.1) is 0 Å². The molecule has 0 aromatic heterocycles. The van der Waals surface area contributed by atoms with Gasteiger partial charge in [0.1, 0.15) is 11.6 Å². The monoisotopic (exact) mass is 230 g/mol. The zero-order valence-electron chi connectivity index (χ0n) is 10.5. The molecule has 0 fully saturated rings. The van der Waals surface area contributed by atoms with Gasteiger partial charge >= 0.3 is 0 Å². The van der Waals surface area contributed by atoms with Crippen LogP contribution >= 0.6 is 0 Å². The summed E-state index contributed by atoms with van der Waals surface area (Å²) < 4.78 is 0. The molecule has 0 aliphatic heterocycles. The molecule has 2 rings (SSSR count). The number of hydrogen-bond acceptors (Lipinski definition) is 2. The summed E-state index contributed by atoms with van der Waals surface area (Å²) in [5, 5.41) is 0. The summed E-state index contributed by atoms with van der Waals surface area (Å²) in [5.41, 5.74) is 3.52. The van der Waals surface area contributed by atoms with Crippen molar-refractivity contribution >= 4 is 11.6 Å². The molecule has 1 aromatic carbocycles. The van der Waals surface area contributed by atoms with Crippen molar-refractivity contribution in [2.75, 3.05) is 0 Å². The molecular weight excluding hydrogens is 212 g/mol. The van der Waals surface area contributed by atoms with Gasteiger partial charge in [-0.25, -0.2) is 0 Å². The van der Waals surface area contributed by atoms with Crippen LogP contribution in [0.15, 0.2) is 18.2 Å². The summed E-state index contributed by atoms with van der Waals surface area (Å²) in [6.07, 6.45) is 2.37. The number of carbonyl (C=O) groups excluding carboxylic acids is 2. The predicted molar refractivity (Wildman–Crippen MR) is 67.2 cm³/mol. The van der Waals surface area contributed by atoms with Crippen molar-refractivity contribution < 1.29 is 9.59 Å². The SMILES string of the molecule is CCC(=O)CC1C(=O)Cc2c(CC)cccc21. The van der Waals surface area contributed by atoms with Gasteiger partial charge < -0.3 is 0 Å². The van der Waals surface area contributed by atoms with Crippen molar-refractivity contribution in [1.29, 1.82) is 0 Å². The molecule has 0 heterocycles. The highest BCUT2D eigenvalue weighted by atomic mass is 16.1. The fraction of sp³-hybridized carbons (Fsp3) is 0.467. The number of carbonyl (C=O) groups is 2. The molecule has 0 N–H and O–H groups in total. The van der Waals surface area contributed by atoms with E-state index >= 15 is 0 Å². The zero-order valence-corrected chi connectivity index (χ0v) is 10.5. The first-order valence-corrected chi connectivity index (χ1v) is 6.32. The molecule has 0 saturated carbocycles. The molecule has 2 heteroatoms. The maximum atomic E-state index is 12.0. The average Bonchev–Trinajstić information content (AvgIpc) is 2.66. The molecule has 0 radical (unpaired) electrons. The fourth-order valence-electron chi connectivity index (χ4n) is 2.59. The van der Waals surface area contributed by atoms with Crippen molar-refractivity contribution in [3.8, 4) is 0 Å². The first-order chi connectivity index (χ1) is 8.17. The molecule has 1 atom stereocenters. The molecule has 0 bridgehead atoms.